The first-order valence-corrected chi connectivity index (χ1v) is 11.4. The molecule has 18 nitrogen and oxygen atoms in total. The molecule has 2 aliphatic heterocycles. The monoisotopic (exact) mass is 538 g/mol. The van der Waals surface area contributed by atoms with Crippen LogP contribution < -0.4 is 0 Å². The summed E-state index contributed by atoms with van der Waals surface area (Å²) in [6, 6.07) is 0. The van der Waals surface area contributed by atoms with Crippen molar-refractivity contribution >= 4 is 19.8 Å². The van der Waals surface area contributed by atoms with E-state index in [0.717, 1.165) is 0 Å². The van der Waals surface area contributed by atoms with Crippen LogP contribution in [0.2, 0.25) is 0 Å². The first-order chi connectivity index (χ1) is 16.0. The van der Waals surface area contributed by atoms with Gasteiger partial charge in [0.15, 0.2) is 0 Å². The second kappa shape index (κ2) is 11.0. The molecule has 10 atom stereocenters. The van der Waals surface area contributed by atoms with Gasteiger partial charge in [0.2, 0.25) is 0 Å². The number of hydrogen-bond donors (Lipinski definition) is 11. The topological polar surface area (TPSA) is 311 Å². The van der Waals surface area contributed by atoms with Crippen molar-refractivity contribution in [3.05, 3.63) is 0 Å². The summed E-state index contributed by atoms with van der Waals surface area (Å²) < 4.78 is 30.7. The molecule has 35 heavy (non-hydrogen) atoms. The number of carbonyl (C=O) groups is 2. The van der Waals surface area contributed by atoms with Crippen LogP contribution in [-0.2, 0) is 32.9 Å². The number of phosphoric acid groups is 1. The Hall–Kier alpha value is -1.35. The van der Waals surface area contributed by atoms with Gasteiger partial charge < -0.3 is 70.0 Å². The van der Waals surface area contributed by atoms with Gasteiger partial charge in [-0.05, 0) is 0 Å². The minimum Gasteiger partial charge on any atom is -0.477 e. The maximum Gasteiger partial charge on any atom is 0.470 e. The van der Waals surface area contributed by atoms with Crippen molar-refractivity contribution in [2.24, 2.45) is 0 Å². The van der Waals surface area contributed by atoms with E-state index in [1.54, 1.807) is 0 Å². The molecule has 0 aromatic rings. The van der Waals surface area contributed by atoms with E-state index in [1.807, 2.05) is 0 Å². The van der Waals surface area contributed by atoms with Gasteiger partial charge in [-0.3, -0.25) is 4.52 Å². The molecule has 2 rings (SSSR count). The summed E-state index contributed by atoms with van der Waals surface area (Å²) in [6.45, 7) is -2.34. The average molecular weight is 538 g/mol. The molecule has 2 fully saturated rings. The quantitative estimate of drug-likeness (QED) is 0.115. The van der Waals surface area contributed by atoms with Gasteiger partial charge in [-0.25, -0.2) is 14.2 Å². The Labute approximate surface area is 195 Å². The Balaban J connectivity index is 2.46. The number of phosphoric ester groups is 1. The summed E-state index contributed by atoms with van der Waals surface area (Å²) in [6.07, 6.45) is -18.8. The number of ether oxygens (including phenoxy) is 3. The summed E-state index contributed by atoms with van der Waals surface area (Å²) >= 11 is 0. The molecule has 0 bridgehead atoms. The number of aliphatic hydroxyl groups is 7. The predicted octanol–water partition coefficient (Wildman–Crippen LogP) is -5.59. The second-order valence-electron chi connectivity index (χ2n) is 7.99. The van der Waals surface area contributed by atoms with Gasteiger partial charge >= 0.3 is 19.8 Å². The fourth-order valence-electron chi connectivity index (χ4n) is 3.74. The normalized spacial score (nSPS) is 40.1. The molecule has 2 heterocycles. The molecule has 2 saturated heterocycles. The number of carboxylic acid groups (broad SMARTS) is 2. The third-order valence-corrected chi connectivity index (χ3v) is 5.99. The maximum absolute atomic E-state index is 12.1. The molecule has 0 saturated carbocycles. The van der Waals surface area contributed by atoms with Gasteiger partial charge in [0, 0.05) is 12.8 Å². The number of hydrogen-bond acceptors (Lipinski definition) is 14. The van der Waals surface area contributed by atoms with Crippen molar-refractivity contribution < 1.29 is 88.6 Å². The van der Waals surface area contributed by atoms with Crippen molar-refractivity contribution in [1.29, 1.82) is 0 Å². The SMILES string of the molecule is O=C(O)C1(O)C[C@@H](OC2(C(=O)O)C[C@@H](O)[C@@H](O)[C@@H]([C@@H](CO)OP(=O)(O)O)O2)[C@@H](O)[C@@H]([C@H](O)CO)O1. The van der Waals surface area contributed by atoms with Crippen molar-refractivity contribution in [3.8, 4) is 0 Å². The van der Waals surface area contributed by atoms with Crippen LogP contribution in [0.25, 0.3) is 0 Å². The van der Waals surface area contributed by atoms with E-state index in [4.69, 9.17) is 29.1 Å². The van der Waals surface area contributed by atoms with Crippen LogP contribution in [0.15, 0.2) is 0 Å². The minimum atomic E-state index is -5.34. The molecule has 2 aliphatic rings. The van der Waals surface area contributed by atoms with E-state index in [0.29, 0.717) is 0 Å². The highest BCUT2D eigenvalue weighted by Crippen LogP contribution is 2.43. The lowest BCUT2D eigenvalue weighted by molar-refractivity contribution is -0.369. The Morgan fingerprint density at radius 3 is 2.03 bits per heavy atom. The standard InChI is InChI=1S/C16H27O18P/c17-3-6(20)11-10(22)7(2-15(27,32-11)13(23)24)31-16(14(25)26)1-5(19)9(21)12(33-16)8(4-18)34-35(28,29)30/h5-12,17-22,27H,1-4H2,(H,23,24)(H,25,26)(H2,28,29,30)/t5-,6-,7-,8-,9-,10-,11-,12-,15?,16?/m1/s1. The van der Waals surface area contributed by atoms with Crippen molar-refractivity contribution in [2.45, 2.75) is 73.2 Å². The highest BCUT2D eigenvalue weighted by molar-refractivity contribution is 7.46. The molecule has 0 radical (unpaired) electrons. The minimum absolute atomic E-state index is 1.09. The van der Waals surface area contributed by atoms with Gasteiger partial charge in [0.25, 0.3) is 11.6 Å². The maximum atomic E-state index is 12.1. The lowest BCUT2D eigenvalue weighted by atomic mass is 9.90. The molecule has 0 spiro atoms. The number of aliphatic hydroxyl groups excluding tert-OH is 6. The van der Waals surface area contributed by atoms with E-state index in [9.17, 15) is 55.0 Å². The number of carboxylic acids is 2. The van der Waals surface area contributed by atoms with Gasteiger partial charge in [0.1, 0.15) is 36.6 Å². The van der Waals surface area contributed by atoms with Gasteiger partial charge in [-0.2, -0.15) is 0 Å². The Bertz CT molecular complexity index is 818. The van der Waals surface area contributed by atoms with E-state index < -0.39 is 106 Å². The molecule has 0 amide bonds. The first kappa shape index (κ1) is 29.9. The molecule has 204 valence electrons. The zero-order chi connectivity index (χ0) is 26.9. The van der Waals surface area contributed by atoms with E-state index in [-0.39, 0.29) is 0 Å². The number of aliphatic carboxylic acids is 2. The Morgan fingerprint density at radius 1 is 0.971 bits per heavy atom. The van der Waals surface area contributed by atoms with Crippen LogP contribution in [0.1, 0.15) is 12.8 Å². The van der Waals surface area contributed by atoms with E-state index >= 15 is 0 Å². The van der Waals surface area contributed by atoms with Gasteiger partial charge in [0.05, 0.1) is 25.4 Å². The molecular weight excluding hydrogens is 511 g/mol. The lowest BCUT2D eigenvalue weighted by Gasteiger charge is -2.49. The van der Waals surface area contributed by atoms with Crippen LogP contribution in [0.3, 0.4) is 0 Å². The van der Waals surface area contributed by atoms with Crippen molar-refractivity contribution in [1.82, 2.24) is 0 Å². The predicted molar refractivity (Wildman–Crippen MR) is 102 cm³/mol. The largest absolute Gasteiger partial charge is 0.477 e. The van der Waals surface area contributed by atoms with Gasteiger partial charge in [-0.15, -0.1) is 0 Å². The third kappa shape index (κ3) is 6.51. The number of rotatable bonds is 10. The lowest BCUT2D eigenvalue weighted by Crippen LogP contribution is -2.67. The van der Waals surface area contributed by atoms with Crippen LogP contribution in [0.4, 0.5) is 0 Å². The molecule has 19 heteroatoms. The summed E-state index contributed by atoms with van der Waals surface area (Å²) in [4.78, 5) is 41.7. The van der Waals surface area contributed by atoms with Crippen LogP contribution in [-0.4, -0.2) is 141 Å². The van der Waals surface area contributed by atoms with Crippen molar-refractivity contribution in [2.75, 3.05) is 13.2 Å². The molecular formula is C16H27O18P. The highest BCUT2D eigenvalue weighted by atomic mass is 31.2. The zero-order valence-electron chi connectivity index (χ0n) is 17.7. The van der Waals surface area contributed by atoms with Crippen molar-refractivity contribution in [3.63, 3.8) is 0 Å². The molecule has 0 aromatic carbocycles. The smallest absolute Gasteiger partial charge is 0.470 e. The van der Waals surface area contributed by atoms with E-state index in [1.165, 1.54) is 0 Å². The molecule has 0 aliphatic carbocycles. The van der Waals surface area contributed by atoms with Crippen LogP contribution in [0.5, 0.6) is 0 Å². The third-order valence-electron chi connectivity index (χ3n) is 5.45. The fraction of sp³-hybridized carbons (Fsp3) is 0.875. The van der Waals surface area contributed by atoms with Crippen LogP contribution in [0, 0.1) is 0 Å². The van der Waals surface area contributed by atoms with Gasteiger partial charge in [-0.1, -0.05) is 0 Å². The molecule has 0 aromatic heterocycles. The summed E-state index contributed by atoms with van der Waals surface area (Å²) in [7, 11) is -5.34. The average Bonchev–Trinajstić information content (AvgIpc) is 2.75. The highest BCUT2D eigenvalue weighted by Gasteiger charge is 2.60. The summed E-state index contributed by atoms with van der Waals surface area (Å²) in [5, 5.41) is 88.7. The molecule has 2 unspecified atom stereocenters. The van der Waals surface area contributed by atoms with E-state index in [2.05, 4.69) is 4.52 Å². The first-order valence-electron chi connectivity index (χ1n) is 9.90. The second-order valence-corrected chi connectivity index (χ2v) is 9.18. The Morgan fingerprint density at radius 2 is 1.57 bits per heavy atom. The summed E-state index contributed by atoms with van der Waals surface area (Å²) in [5.41, 5.74) is 0. The summed E-state index contributed by atoms with van der Waals surface area (Å²) in [5.74, 6) is -10.3. The fourth-order valence-corrected chi connectivity index (χ4v) is 4.28. The molecule has 11 N–H and O–H groups in total. The van der Waals surface area contributed by atoms with Crippen LogP contribution >= 0.6 is 7.82 Å². The Kier molecular flexibility index (Phi) is 9.35. The zero-order valence-corrected chi connectivity index (χ0v) is 18.6.